The molecule has 0 aliphatic carbocycles. The SMILES string of the molecule is COC(=O)c1cccc(CNCc2cccc(-c3ccc(-c4nc5ccccc5[nH]4)s3)c2)c1.O=C(O)C(F)(F)F. The zero-order valence-corrected chi connectivity index (χ0v) is 22.0. The Kier molecular flexibility index (Phi) is 8.97. The number of H-pyrrole nitrogens is 1. The summed E-state index contributed by atoms with van der Waals surface area (Å²) in [7, 11) is 1.40. The number of nitrogens with one attached hydrogen (secondary N) is 2. The van der Waals surface area contributed by atoms with Gasteiger partial charge in [0.1, 0.15) is 5.82 Å². The van der Waals surface area contributed by atoms with Crippen LogP contribution >= 0.6 is 11.3 Å². The van der Waals surface area contributed by atoms with Gasteiger partial charge in [0, 0.05) is 18.0 Å². The molecule has 0 amide bonds. The quantitative estimate of drug-likeness (QED) is 0.190. The van der Waals surface area contributed by atoms with Gasteiger partial charge in [-0.1, -0.05) is 42.5 Å². The fourth-order valence-electron chi connectivity index (χ4n) is 3.80. The van der Waals surface area contributed by atoms with E-state index in [9.17, 15) is 18.0 Å². The van der Waals surface area contributed by atoms with Crippen molar-refractivity contribution in [2.45, 2.75) is 19.3 Å². The van der Waals surface area contributed by atoms with Crippen molar-refractivity contribution in [3.8, 4) is 21.1 Å². The molecule has 0 atom stereocenters. The number of carboxylic acids is 1. The van der Waals surface area contributed by atoms with Crippen molar-refractivity contribution in [1.29, 1.82) is 0 Å². The molecule has 3 N–H and O–H groups in total. The molecule has 0 radical (unpaired) electrons. The molecule has 0 saturated carbocycles. The van der Waals surface area contributed by atoms with Crippen LogP contribution in [0.5, 0.6) is 0 Å². The molecular weight excluding hydrogens is 543 g/mol. The highest BCUT2D eigenvalue weighted by Gasteiger charge is 2.38. The maximum atomic E-state index is 11.7. The number of ether oxygens (including phenoxy) is 1. The number of nitrogens with zero attached hydrogens (tertiary/aromatic N) is 1. The third kappa shape index (κ3) is 7.33. The third-order valence-electron chi connectivity index (χ3n) is 5.69. The van der Waals surface area contributed by atoms with Crippen molar-refractivity contribution in [2.75, 3.05) is 7.11 Å². The molecule has 11 heteroatoms. The van der Waals surface area contributed by atoms with E-state index in [-0.39, 0.29) is 5.97 Å². The Morgan fingerprint density at radius 1 is 0.925 bits per heavy atom. The van der Waals surface area contributed by atoms with E-state index in [1.807, 2.05) is 42.5 Å². The third-order valence-corrected chi connectivity index (χ3v) is 6.83. The minimum Gasteiger partial charge on any atom is -0.475 e. The summed E-state index contributed by atoms with van der Waals surface area (Å²) < 4.78 is 36.5. The summed E-state index contributed by atoms with van der Waals surface area (Å²) in [6.45, 7) is 1.41. The Morgan fingerprint density at radius 3 is 2.25 bits per heavy atom. The number of aromatic nitrogens is 2. The van der Waals surface area contributed by atoms with Gasteiger partial charge >= 0.3 is 18.1 Å². The summed E-state index contributed by atoms with van der Waals surface area (Å²) >= 11 is 1.73. The van der Waals surface area contributed by atoms with Crippen LogP contribution in [0.1, 0.15) is 21.5 Å². The average Bonchev–Trinajstić information content (AvgIpc) is 3.60. The maximum absolute atomic E-state index is 11.7. The Hall–Kier alpha value is -4.48. The van der Waals surface area contributed by atoms with E-state index >= 15 is 0 Å². The summed E-state index contributed by atoms with van der Waals surface area (Å²) in [5.41, 5.74) is 6.03. The standard InChI is InChI=1S/C27H23N3O2S.C2HF3O2/c1-32-27(31)21-9-5-7-19(15-21)17-28-16-18-6-4-8-20(14-18)24-12-13-25(33-24)26-29-22-10-2-3-11-23(22)30-26;3-2(4,5)1(6)7/h2-15,28H,16-17H2,1H3,(H,29,30);(H,6,7). The number of hydrogen-bond donors (Lipinski definition) is 3. The van der Waals surface area contributed by atoms with Gasteiger partial charge in [-0.2, -0.15) is 13.2 Å². The normalized spacial score (nSPS) is 11.1. The van der Waals surface area contributed by atoms with Crippen molar-refractivity contribution in [2.24, 2.45) is 0 Å². The van der Waals surface area contributed by atoms with Gasteiger partial charge in [0.25, 0.3) is 0 Å². The number of fused-ring (bicyclic) bond motifs is 1. The Balaban J connectivity index is 0.000000470. The number of esters is 1. The summed E-state index contributed by atoms with van der Waals surface area (Å²) in [4.78, 5) is 31.1. The number of rotatable bonds is 7. The molecule has 7 nitrogen and oxygen atoms in total. The van der Waals surface area contributed by atoms with E-state index in [2.05, 4.69) is 46.7 Å². The Morgan fingerprint density at radius 2 is 1.57 bits per heavy atom. The highest BCUT2D eigenvalue weighted by atomic mass is 32.1. The monoisotopic (exact) mass is 567 g/mol. The molecule has 0 spiro atoms. The van der Waals surface area contributed by atoms with E-state index < -0.39 is 12.1 Å². The van der Waals surface area contributed by atoms with Crippen LogP contribution < -0.4 is 5.32 Å². The predicted molar refractivity (Wildman–Crippen MR) is 147 cm³/mol. The van der Waals surface area contributed by atoms with Crippen LogP contribution in [0.3, 0.4) is 0 Å². The molecule has 2 heterocycles. The number of benzene rings is 3. The number of carboxylic acid groups (broad SMARTS) is 1. The molecule has 0 saturated heterocycles. The smallest absolute Gasteiger partial charge is 0.475 e. The average molecular weight is 568 g/mol. The van der Waals surface area contributed by atoms with Crippen molar-refractivity contribution in [3.05, 3.63) is 102 Å². The summed E-state index contributed by atoms with van der Waals surface area (Å²) in [6, 6.07) is 28.4. The number of carbonyl (C=O) groups is 2. The van der Waals surface area contributed by atoms with E-state index in [0.29, 0.717) is 12.1 Å². The topological polar surface area (TPSA) is 104 Å². The largest absolute Gasteiger partial charge is 0.490 e. The van der Waals surface area contributed by atoms with Crippen molar-refractivity contribution in [3.63, 3.8) is 0 Å². The van der Waals surface area contributed by atoms with E-state index in [4.69, 9.17) is 19.6 Å². The number of halogens is 3. The van der Waals surface area contributed by atoms with Crippen molar-refractivity contribution in [1.82, 2.24) is 15.3 Å². The molecule has 2 aromatic heterocycles. The van der Waals surface area contributed by atoms with Gasteiger partial charge in [-0.15, -0.1) is 11.3 Å². The van der Waals surface area contributed by atoms with Crippen LogP contribution in [0.15, 0.2) is 84.9 Å². The number of methoxy groups -OCH3 is 1. The first-order valence-electron chi connectivity index (χ1n) is 12.0. The number of para-hydroxylation sites is 2. The highest BCUT2D eigenvalue weighted by molar-refractivity contribution is 7.18. The second kappa shape index (κ2) is 12.6. The van der Waals surface area contributed by atoms with Crippen LogP contribution in [0.2, 0.25) is 0 Å². The van der Waals surface area contributed by atoms with Crippen LogP contribution in [-0.2, 0) is 22.6 Å². The maximum Gasteiger partial charge on any atom is 0.490 e. The van der Waals surface area contributed by atoms with Gasteiger partial charge in [0.15, 0.2) is 0 Å². The van der Waals surface area contributed by atoms with Gasteiger partial charge in [-0.25, -0.2) is 14.6 Å². The summed E-state index contributed by atoms with van der Waals surface area (Å²) in [6.07, 6.45) is -5.08. The number of alkyl halides is 3. The van der Waals surface area contributed by atoms with Gasteiger partial charge in [0.05, 0.1) is 28.6 Å². The Labute approximate surface area is 231 Å². The number of aromatic amines is 1. The second-order valence-corrected chi connectivity index (χ2v) is 9.65. The lowest BCUT2D eigenvalue weighted by molar-refractivity contribution is -0.192. The van der Waals surface area contributed by atoms with Gasteiger partial charge in [-0.3, -0.25) is 0 Å². The number of imidazole rings is 1. The lowest BCUT2D eigenvalue weighted by atomic mass is 10.1. The molecule has 0 fully saturated rings. The van der Waals surface area contributed by atoms with Crippen LogP contribution in [0.25, 0.3) is 32.2 Å². The lowest BCUT2D eigenvalue weighted by Gasteiger charge is -2.08. The van der Waals surface area contributed by atoms with Crippen LogP contribution in [-0.4, -0.2) is 40.3 Å². The lowest BCUT2D eigenvalue weighted by Crippen LogP contribution is -2.21. The van der Waals surface area contributed by atoms with Crippen LogP contribution in [0.4, 0.5) is 13.2 Å². The molecule has 0 bridgehead atoms. The van der Waals surface area contributed by atoms with Gasteiger partial charge in [0.2, 0.25) is 0 Å². The van der Waals surface area contributed by atoms with Crippen molar-refractivity contribution < 1.29 is 32.6 Å². The molecular formula is C29H24F3N3O4S. The fourth-order valence-corrected chi connectivity index (χ4v) is 4.75. The number of carbonyl (C=O) groups excluding carboxylic acids is 1. The first-order chi connectivity index (χ1) is 19.1. The predicted octanol–water partition coefficient (Wildman–Crippen LogP) is 6.67. The minimum absolute atomic E-state index is 0.317. The first-order valence-corrected chi connectivity index (χ1v) is 12.8. The molecule has 0 aliphatic heterocycles. The minimum atomic E-state index is -5.08. The van der Waals surface area contributed by atoms with E-state index in [1.165, 1.54) is 23.1 Å². The number of aliphatic carboxylic acids is 1. The van der Waals surface area contributed by atoms with Crippen LogP contribution in [0, 0.1) is 0 Å². The van der Waals surface area contributed by atoms with E-state index in [0.717, 1.165) is 33.8 Å². The Bertz CT molecular complexity index is 1600. The van der Waals surface area contributed by atoms with Crippen molar-refractivity contribution >= 4 is 34.3 Å². The molecule has 0 aliphatic rings. The zero-order chi connectivity index (χ0) is 28.7. The highest BCUT2D eigenvalue weighted by Crippen LogP contribution is 2.34. The molecule has 5 aromatic rings. The van der Waals surface area contributed by atoms with Gasteiger partial charge < -0.3 is 20.1 Å². The second-order valence-electron chi connectivity index (χ2n) is 8.57. The molecule has 40 heavy (non-hydrogen) atoms. The first kappa shape index (κ1) is 28.5. The van der Waals surface area contributed by atoms with Gasteiger partial charge in [-0.05, 0) is 59.2 Å². The summed E-state index contributed by atoms with van der Waals surface area (Å²) in [5, 5.41) is 10.6. The molecule has 206 valence electrons. The molecule has 0 unspecified atom stereocenters. The van der Waals surface area contributed by atoms with E-state index in [1.54, 1.807) is 17.4 Å². The summed E-state index contributed by atoms with van der Waals surface area (Å²) in [5.74, 6) is -2.17. The molecule has 3 aromatic carbocycles. The fraction of sp³-hybridized carbons (Fsp3) is 0.138. The zero-order valence-electron chi connectivity index (χ0n) is 21.2. The number of thiophene rings is 1. The molecule has 5 rings (SSSR count). The number of hydrogen-bond acceptors (Lipinski definition) is 6.